The van der Waals surface area contributed by atoms with Crippen molar-refractivity contribution in [2.75, 3.05) is 218 Å². The highest BCUT2D eigenvalue weighted by Crippen LogP contribution is 2.34. The maximum atomic E-state index is 14.0. The van der Waals surface area contributed by atoms with Gasteiger partial charge in [-0.05, 0) is 67.6 Å². The van der Waals surface area contributed by atoms with Crippen molar-refractivity contribution in [2.45, 2.75) is 121 Å². The van der Waals surface area contributed by atoms with Crippen LogP contribution in [0.1, 0.15) is 91.2 Å². The van der Waals surface area contributed by atoms with Gasteiger partial charge in [-0.3, -0.25) is 33.7 Å². The molecule has 6 amide bonds. The number of nitrogen functional groups attached to an aromatic ring is 1. The van der Waals surface area contributed by atoms with E-state index in [2.05, 4.69) is 62.0 Å². The first-order valence-electron chi connectivity index (χ1n) is 39.9. The number of carbonyl (C=O) groups is 7. The molecule has 0 bridgehead atoms. The zero-order valence-corrected chi connectivity index (χ0v) is 68.1. The maximum Gasteiger partial charge on any atom is 0.337 e. The van der Waals surface area contributed by atoms with Gasteiger partial charge in [0.05, 0.1) is 202 Å². The molecule has 2 aromatic heterocycles. The number of benzene rings is 3. The average Bonchev–Trinajstić information content (AvgIpc) is 1.63. The SMILES string of the molecule is CCCCc1nc2c(N)nc3cc(C(=O)OC)ccc3c2n1Cc1ccc(C[N+](C)(C)Cc2ccc(O[C@H]3O[C@H](CO)[C@@H](O)[C@H](O)[C@@H]3O)c(NC(=O)CCNC(=O)[C@H](CCCCNC(=O)CCOCCOCCOCCOCCOCCOCCOCCOCCOCCOCCOCCOC)NC(=O)CCN3C(=O)C=CC3=O)c2)cc1. The number of aryl methyl sites for hydroxylation is 1. The molecule has 117 heavy (non-hydrogen) atoms. The normalized spacial score (nSPS) is 16.5. The Morgan fingerprint density at radius 3 is 1.67 bits per heavy atom. The lowest BCUT2D eigenvalue weighted by Crippen LogP contribution is -2.60. The molecule has 2 aliphatic rings. The molecule has 7 rings (SSSR count). The number of aliphatic hydroxyl groups excluding tert-OH is 4. The summed E-state index contributed by atoms with van der Waals surface area (Å²) in [6.07, 6.45) is -2.89. The summed E-state index contributed by atoms with van der Waals surface area (Å²) >= 11 is 0. The Hall–Kier alpha value is -8.35. The largest absolute Gasteiger partial charge is 0.465 e. The van der Waals surface area contributed by atoms with Gasteiger partial charge in [-0.15, -0.1) is 0 Å². The first-order valence-corrected chi connectivity index (χ1v) is 39.9. The zero-order valence-electron chi connectivity index (χ0n) is 68.1. The number of nitrogens with two attached hydrogens (primary N) is 1. The van der Waals surface area contributed by atoms with Crippen molar-refractivity contribution in [1.29, 1.82) is 0 Å². The van der Waals surface area contributed by atoms with Crippen molar-refractivity contribution in [3.8, 4) is 5.75 Å². The molecule has 36 heteroatoms. The quantitative estimate of drug-likeness (QED) is 0.0116. The highest BCUT2D eigenvalue weighted by molar-refractivity contribution is 6.13. The van der Waals surface area contributed by atoms with Crippen LogP contribution in [0.3, 0.4) is 0 Å². The van der Waals surface area contributed by atoms with E-state index in [1.807, 2.05) is 20.2 Å². The topological polar surface area (TPSA) is 447 Å². The van der Waals surface area contributed by atoms with Gasteiger partial charge < -0.3 is 128 Å². The number of quaternary nitrogens is 1. The Balaban J connectivity index is 0.794. The fraction of sp³-hybridized carbons (Fsp3) is 0.617. The molecule has 0 saturated carbocycles. The van der Waals surface area contributed by atoms with Crippen LogP contribution in [0.4, 0.5) is 11.5 Å². The summed E-state index contributed by atoms with van der Waals surface area (Å²) in [7, 11) is 7.04. The zero-order chi connectivity index (χ0) is 84.0. The number of nitrogens with one attached hydrogen (secondary N) is 4. The lowest BCUT2D eigenvalue weighted by molar-refractivity contribution is -0.916. The Labute approximate surface area is 682 Å². The predicted octanol–water partition coefficient (Wildman–Crippen LogP) is 2.05. The highest BCUT2D eigenvalue weighted by atomic mass is 16.7. The molecule has 10 N–H and O–H groups in total. The number of aromatic nitrogens is 3. The van der Waals surface area contributed by atoms with E-state index in [-0.39, 0.29) is 81.7 Å². The smallest absolute Gasteiger partial charge is 0.337 e. The fourth-order valence-corrected chi connectivity index (χ4v) is 12.5. The second-order valence-electron chi connectivity index (χ2n) is 28.3. The summed E-state index contributed by atoms with van der Waals surface area (Å²) in [4.78, 5) is 101. The summed E-state index contributed by atoms with van der Waals surface area (Å²) in [5.74, 6) is -2.58. The monoisotopic (exact) mass is 1650 g/mol. The summed E-state index contributed by atoms with van der Waals surface area (Å²) in [6, 6.07) is 17.4. The third kappa shape index (κ3) is 34.5. The molecule has 36 nitrogen and oxygen atoms in total. The molecular formula is C81H121N10O26+. The second-order valence-corrected chi connectivity index (χ2v) is 28.3. The standard InChI is InChI=1S/C81H120N10O26/c1-6-7-11-67-88-73-74(61-18-17-60(80(102)104-5)52-63(61)87-78(73)82)90(67)53-57-12-14-58(15-13-57)54-91(2,3)55-59-16-19-65(116-81-77(100)76(99)75(98)66(56-92)117-81)64(51-59)86-69(94)22-26-84-79(101)62(85-70(95)23-27-89-71(96)20-21-72(89)97)10-8-9-25-83-68(93)24-28-105-31-32-107-35-36-109-39-40-111-43-44-113-47-48-115-50-49-114-46-45-112-42-41-110-38-37-108-34-33-106-30-29-103-4/h12-21,51-52,62,66,75-77,81,92,98-100H,6-11,22-50,53-56H2,1-5H3,(H5-,82,83,84,85,86,87,93,94,95,101)/p+1/t62-,66+,75+,76-,77-,81-/m0/s1. The molecule has 1 saturated heterocycles. The van der Waals surface area contributed by atoms with Gasteiger partial charge in [-0.2, -0.15) is 0 Å². The molecular weight excluding hydrogens is 1530 g/mol. The predicted molar refractivity (Wildman–Crippen MR) is 426 cm³/mol. The lowest BCUT2D eigenvalue weighted by Gasteiger charge is -2.39. The van der Waals surface area contributed by atoms with Crippen LogP contribution in [-0.2, 0) is 121 Å². The Kier molecular flexibility index (Phi) is 44.2. The molecule has 0 spiro atoms. The number of nitrogens with zero attached hydrogens (tertiary/aromatic N) is 5. The van der Waals surface area contributed by atoms with E-state index in [4.69, 9.17) is 81.8 Å². The van der Waals surface area contributed by atoms with Crippen molar-refractivity contribution < 1.29 is 130 Å². The molecule has 4 heterocycles. The minimum atomic E-state index is -1.77. The molecule has 6 atom stereocenters. The number of amides is 6. The van der Waals surface area contributed by atoms with Crippen molar-refractivity contribution in [2.24, 2.45) is 0 Å². The van der Waals surface area contributed by atoms with Crippen molar-refractivity contribution in [3.63, 3.8) is 0 Å². The molecule has 5 aromatic rings. The number of anilines is 2. The van der Waals surface area contributed by atoms with Gasteiger partial charge in [0, 0.05) is 87.6 Å². The summed E-state index contributed by atoms with van der Waals surface area (Å²) < 4.78 is 84.7. The number of hydrogen-bond donors (Lipinski definition) is 9. The van der Waals surface area contributed by atoms with Crippen molar-refractivity contribution >= 4 is 74.9 Å². The van der Waals surface area contributed by atoms with Gasteiger partial charge in [0.25, 0.3) is 11.8 Å². The van der Waals surface area contributed by atoms with Crippen LogP contribution in [0.2, 0.25) is 0 Å². The lowest BCUT2D eigenvalue weighted by atomic mass is 9.99. The Bertz CT molecular complexity index is 3830. The number of carbonyl (C=O) groups excluding carboxylic acids is 7. The number of esters is 1. The Morgan fingerprint density at radius 1 is 0.581 bits per heavy atom. The molecule has 1 fully saturated rings. The van der Waals surface area contributed by atoms with Crippen molar-refractivity contribution in [1.82, 2.24) is 35.4 Å². The van der Waals surface area contributed by atoms with Crippen molar-refractivity contribution in [3.05, 3.63) is 101 Å². The fourth-order valence-electron chi connectivity index (χ4n) is 12.5. The van der Waals surface area contributed by atoms with Gasteiger partial charge in [0.15, 0.2) is 5.82 Å². The number of aliphatic hydroxyl groups is 4. The van der Waals surface area contributed by atoms with Gasteiger partial charge in [-0.1, -0.05) is 37.6 Å². The first-order chi connectivity index (χ1) is 56.7. The number of rotatable bonds is 63. The molecule has 2 aliphatic heterocycles. The van der Waals surface area contributed by atoms with Gasteiger partial charge in [-0.25, -0.2) is 14.8 Å². The molecule has 0 radical (unpaired) electrons. The van der Waals surface area contributed by atoms with Crippen LogP contribution in [-0.4, -0.2) is 329 Å². The Morgan fingerprint density at radius 2 is 1.12 bits per heavy atom. The average molecular weight is 1650 g/mol. The van der Waals surface area contributed by atoms with E-state index >= 15 is 0 Å². The van der Waals surface area contributed by atoms with E-state index in [1.54, 1.807) is 37.4 Å². The molecule has 650 valence electrons. The van der Waals surface area contributed by atoms with Gasteiger partial charge >= 0.3 is 5.97 Å². The van der Waals surface area contributed by atoms with Crippen LogP contribution in [0, 0.1) is 0 Å². The second kappa shape index (κ2) is 54.0. The minimum Gasteiger partial charge on any atom is -0.465 e. The number of ether oxygens (including phenoxy) is 15. The molecule has 3 aromatic carbocycles. The number of fused-ring (bicyclic) bond motifs is 3. The van der Waals surface area contributed by atoms with Gasteiger partial charge in [0.1, 0.15) is 60.6 Å². The number of imidazole rings is 1. The third-order valence-electron chi connectivity index (χ3n) is 18.6. The van der Waals surface area contributed by atoms with Crippen LogP contribution < -0.4 is 31.7 Å². The third-order valence-corrected chi connectivity index (χ3v) is 18.6. The van der Waals surface area contributed by atoms with E-state index in [0.717, 1.165) is 63.3 Å². The number of imide groups is 1. The summed E-state index contributed by atoms with van der Waals surface area (Å²) in [6.45, 7) is 12.5. The highest BCUT2D eigenvalue weighted by Gasteiger charge is 2.45. The summed E-state index contributed by atoms with van der Waals surface area (Å²) in [5, 5.41) is 54.0. The number of hydrogen-bond acceptors (Lipinski definition) is 29. The maximum absolute atomic E-state index is 14.0. The van der Waals surface area contributed by atoms with Crippen LogP contribution in [0.25, 0.3) is 21.9 Å². The molecule has 0 unspecified atom stereocenters. The van der Waals surface area contributed by atoms with E-state index < -0.39 is 78.9 Å². The van der Waals surface area contributed by atoms with Crippen LogP contribution in [0.15, 0.2) is 72.8 Å². The molecule has 0 aliphatic carbocycles. The van der Waals surface area contributed by atoms with E-state index in [1.165, 1.54) is 7.11 Å². The van der Waals surface area contributed by atoms with E-state index in [9.17, 15) is 54.0 Å². The van der Waals surface area contributed by atoms with E-state index in [0.29, 0.717) is 199 Å². The van der Waals surface area contributed by atoms with Gasteiger partial charge in [0.2, 0.25) is 29.9 Å². The summed E-state index contributed by atoms with van der Waals surface area (Å²) in [5.41, 5.74) is 11.7. The van der Waals surface area contributed by atoms with Crippen LogP contribution in [0.5, 0.6) is 5.75 Å². The minimum absolute atomic E-state index is 0.00695. The number of pyridine rings is 1. The number of methoxy groups -OCH3 is 2. The first kappa shape index (κ1) is 95.8. The van der Waals surface area contributed by atoms with Crippen LogP contribution >= 0.6 is 0 Å². The number of unbranched alkanes of at least 4 members (excludes halogenated alkanes) is 2.